The molecule has 0 bridgehead atoms. The maximum absolute atomic E-state index is 5.91. The Morgan fingerprint density at radius 2 is 1.81 bits per heavy atom. The van der Waals surface area contributed by atoms with Crippen molar-refractivity contribution in [2.75, 3.05) is 40.5 Å². The van der Waals surface area contributed by atoms with E-state index in [0.717, 1.165) is 41.7 Å². The Kier molecular flexibility index (Phi) is 5.36. The maximum atomic E-state index is 5.91. The number of aromatic nitrogens is 2. The number of benzene rings is 1. The van der Waals surface area contributed by atoms with E-state index in [2.05, 4.69) is 20.6 Å². The predicted octanol–water partition coefficient (Wildman–Crippen LogP) is 3.30. The average Bonchev–Trinajstić information content (AvgIpc) is 3.37. The molecule has 0 saturated carbocycles. The third-order valence-electron chi connectivity index (χ3n) is 5.93. The number of piperidine rings is 1. The number of rotatable bonds is 5. The monoisotopic (exact) mass is 371 g/mol. The van der Waals surface area contributed by atoms with Crippen molar-refractivity contribution < 1.29 is 14.2 Å². The van der Waals surface area contributed by atoms with Crippen LogP contribution in [0.3, 0.4) is 0 Å². The molecule has 0 aliphatic carbocycles. The van der Waals surface area contributed by atoms with Gasteiger partial charge in [-0.05, 0) is 45.0 Å². The van der Waals surface area contributed by atoms with Crippen molar-refractivity contribution in [3.8, 4) is 22.9 Å². The first-order valence-electron chi connectivity index (χ1n) is 9.81. The van der Waals surface area contributed by atoms with Crippen molar-refractivity contribution in [3.63, 3.8) is 0 Å². The number of hydrogen-bond donors (Lipinski definition) is 0. The van der Waals surface area contributed by atoms with Crippen molar-refractivity contribution in [2.45, 2.75) is 38.3 Å². The van der Waals surface area contributed by atoms with Crippen LogP contribution in [-0.4, -0.2) is 61.0 Å². The van der Waals surface area contributed by atoms with Crippen LogP contribution in [0.1, 0.15) is 30.9 Å². The third kappa shape index (κ3) is 3.32. The molecule has 0 amide bonds. The summed E-state index contributed by atoms with van der Waals surface area (Å²) < 4.78 is 19.4. The van der Waals surface area contributed by atoms with Crippen LogP contribution < -0.4 is 9.47 Å². The molecule has 2 atom stereocenters. The van der Waals surface area contributed by atoms with Gasteiger partial charge in [0.25, 0.3) is 0 Å². The molecule has 146 valence electrons. The molecule has 6 heteroatoms. The number of hydrogen-bond acceptors (Lipinski definition) is 5. The van der Waals surface area contributed by atoms with E-state index < -0.39 is 0 Å². The number of imidazole rings is 1. The second kappa shape index (κ2) is 7.90. The topological polar surface area (TPSA) is 48.8 Å². The van der Waals surface area contributed by atoms with Gasteiger partial charge in [0.2, 0.25) is 0 Å². The van der Waals surface area contributed by atoms with Crippen LogP contribution in [0.2, 0.25) is 0 Å². The Morgan fingerprint density at radius 3 is 2.56 bits per heavy atom. The van der Waals surface area contributed by atoms with E-state index in [4.69, 9.17) is 14.2 Å². The van der Waals surface area contributed by atoms with Gasteiger partial charge in [-0.15, -0.1) is 0 Å². The van der Waals surface area contributed by atoms with Gasteiger partial charge in [-0.2, -0.15) is 0 Å². The molecule has 6 nitrogen and oxygen atoms in total. The van der Waals surface area contributed by atoms with Crippen LogP contribution >= 0.6 is 0 Å². The molecule has 4 rings (SSSR count). The highest BCUT2D eigenvalue weighted by Gasteiger charge is 2.36. The minimum atomic E-state index is 0.271. The number of ether oxygens (including phenoxy) is 3. The molecule has 1 aromatic heterocycles. The summed E-state index contributed by atoms with van der Waals surface area (Å²) in [6.45, 7) is 5.87. The van der Waals surface area contributed by atoms with Gasteiger partial charge in [0.1, 0.15) is 17.3 Å². The largest absolute Gasteiger partial charge is 0.496 e. The quantitative estimate of drug-likeness (QED) is 0.807. The van der Waals surface area contributed by atoms with Gasteiger partial charge in [-0.3, -0.25) is 4.90 Å². The Balaban J connectivity index is 1.70. The molecule has 0 N–H and O–H groups in total. The van der Waals surface area contributed by atoms with E-state index in [1.165, 1.54) is 32.4 Å². The van der Waals surface area contributed by atoms with Crippen LogP contribution in [0, 0.1) is 6.92 Å². The highest BCUT2D eigenvalue weighted by molar-refractivity contribution is 5.69. The maximum Gasteiger partial charge on any atom is 0.144 e. The standard InChI is InChI=1S/C21H29N3O3/c1-15-19(25-2)8-7-16(20(15)26-3)21-22-9-12-24(21)18-14-27-13-17(18)23-10-5-4-6-11-23/h7-9,12,17-18H,4-6,10-11,13-14H2,1-3H3/t17-,18-/m0/s1. The zero-order valence-corrected chi connectivity index (χ0v) is 16.5. The molecule has 2 aromatic rings. The molecule has 0 unspecified atom stereocenters. The molecule has 2 fully saturated rings. The summed E-state index contributed by atoms with van der Waals surface area (Å²) in [5.41, 5.74) is 1.98. The van der Waals surface area contributed by atoms with E-state index in [0.29, 0.717) is 6.04 Å². The Labute approximate surface area is 161 Å². The molecule has 27 heavy (non-hydrogen) atoms. The van der Waals surface area contributed by atoms with E-state index in [-0.39, 0.29) is 6.04 Å². The molecule has 2 saturated heterocycles. The first kappa shape index (κ1) is 18.3. The summed E-state index contributed by atoms with van der Waals surface area (Å²) in [7, 11) is 3.38. The summed E-state index contributed by atoms with van der Waals surface area (Å²) in [5, 5.41) is 0. The SMILES string of the molecule is COc1ccc(-c2nccn2[C@H]2COC[C@@H]2N2CCCCC2)c(OC)c1C. The molecule has 0 radical (unpaired) electrons. The lowest BCUT2D eigenvalue weighted by Crippen LogP contribution is -2.44. The molecular weight excluding hydrogens is 342 g/mol. The Bertz CT molecular complexity index is 783. The Morgan fingerprint density at radius 1 is 1.04 bits per heavy atom. The lowest BCUT2D eigenvalue weighted by molar-refractivity contribution is 0.122. The van der Waals surface area contributed by atoms with Crippen molar-refractivity contribution in [2.24, 2.45) is 0 Å². The summed E-state index contributed by atoms with van der Waals surface area (Å²) in [6.07, 6.45) is 7.86. The zero-order valence-electron chi connectivity index (χ0n) is 16.5. The average molecular weight is 371 g/mol. The molecule has 0 spiro atoms. The molecule has 1 aromatic carbocycles. The zero-order chi connectivity index (χ0) is 18.8. The third-order valence-corrected chi connectivity index (χ3v) is 5.93. The molecule has 2 aliphatic heterocycles. The van der Waals surface area contributed by atoms with Crippen LogP contribution in [-0.2, 0) is 4.74 Å². The van der Waals surface area contributed by atoms with Crippen LogP contribution in [0.25, 0.3) is 11.4 Å². The normalized spacial score (nSPS) is 23.5. The summed E-state index contributed by atoms with van der Waals surface area (Å²) in [5.74, 6) is 2.56. The molecule has 2 aliphatic rings. The van der Waals surface area contributed by atoms with Crippen LogP contribution in [0.15, 0.2) is 24.5 Å². The summed E-state index contributed by atoms with van der Waals surface area (Å²) in [4.78, 5) is 7.28. The fourth-order valence-electron chi connectivity index (χ4n) is 4.52. The highest BCUT2D eigenvalue weighted by Crippen LogP contribution is 2.39. The second-order valence-electron chi connectivity index (χ2n) is 7.40. The van der Waals surface area contributed by atoms with Gasteiger partial charge >= 0.3 is 0 Å². The van der Waals surface area contributed by atoms with Crippen molar-refractivity contribution in [3.05, 3.63) is 30.1 Å². The van der Waals surface area contributed by atoms with E-state index >= 15 is 0 Å². The van der Waals surface area contributed by atoms with Crippen LogP contribution in [0.5, 0.6) is 11.5 Å². The molecule has 3 heterocycles. The van der Waals surface area contributed by atoms with Crippen molar-refractivity contribution in [1.29, 1.82) is 0 Å². The van der Waals surface area contributed by atoms with E-state index in [1.807, 2.05) is 25.3 Å². The van der Waals surface area contributed by atoms with Crippen molar-refractivity contribution >= 4 is 0 Å². The number of methoxy groups -OCH3 is 2. The van der Waals surface area contributed by atoms with E-state index in [9.17, 15) is 0 Å². The predicted molar refractivity (Wildman–Crippen MR) is 105 cm³/mol. The molecular formula is C21H29N3O3. The van der Waals surface area contributed by atoms with Gasteiger partial charge in [0.05, 0.1) is 45.1 Å². The second-order valence-corrected chi connectivity index (χ2v) is 7.40. The van der Waals surface area contributed by atoms with Gasteiger partial charge in [-0.1, -0.05) is 6.42 Å². The van der Waals surface area contributed by atoms with E-state index in [1.54, 1.807) is 14.2 Å². The van der Waals surface area contributed by atoms with Crippen LogP contribution in [0.4, 0.5) is 0 Å². The summed E-state index contributed by atoms with van der Waals surface area (Å²) >= 11 is 0. The first-order valence-corrected chi connectivity index (χ1v) is 9.81. The fourth-order valence-corrected chi connectivity index (χ4v) is 4.52. The lowest BCUT2D eigenvalue weighted by atomic mass is 10.0. The lowest BCUT2D eigenvalue weighted by Gasteiger charge is -2.35. The minimum absolute atomic E-state index is 0.271. The number of likely N-dealkylation sites (tertiary alicyclic amines) is 1. The smallest absolute Gasteiger partial charge is 0.144 e. The Hall–Kier alpha value is -2.05. The first-order chi connectivity index (χ1) is 13.2. The number of nitrogens with zero attached hydrogens (tertiary/aromatic N) is 3. The van der Waals surface area contributed by atoms with Gasteiger partial charge in [0.15, 0.2) is 0 Å². The van der Waals surface area contributed by atoms with Gasteiger partial charge in [-0.25, -0.2) is 4.98 Å². The fraction of sp³-hybridized carbons (Fsp3) is 0.571. The van der Waals surface area contributed by atoms with Crippen molar-refractivity contribution in [1.82, 2.24) is 14.5 Å². The summed E-state index contributed by atoms with van der Waals surface area (Å²) in [6, 6.07) is 4.70. The minimum Gasteiger partial charge on any atom is -0.496 e. The van der Waals surface area contributed by atoms with Gasteiger partial charge < -0.3 is 18.8 Å². The highest BCUT2D eigenvalue weighted by atomic mass is 16.5. The van der Waals surface area contributed by atoms with Gasteiger partial charge in [0, 0.05) is 18.0 Å².